The Kier molecular flexibility index (Phi) is 4.99. The molecule has 1 fully saturated rings. The van der Waals surface area contributed by atoms with E-state index < -0.39 is 0 Å². The van der Waals surface area contributed by atoms with Crippen molar-refractivity contribution >= 4 is 11.3 Å². The Morgan fingerprint density at radius 2 is 1.94 bits per heavy atom. The highest BCUT2D eigenvalue weighted by atomic mass is 32.1. The summed E-state index contributed by atoms with van der Waals surface area (Å²) >= 11 is 1.76. The monoisotopic (exact) mass is 252 g/mol. The molecule has 2 nitrogen and oxygen atoms in total. The average Bonchev–Trinajstić information content (AvgIpc) is 2.63. The Morgan fingerprint density at radius 3 is 2.53 bits per heavy atom. The molecule has 1 aliphatic rings. The van der Waals surface area contributed by atoms with Crippen molar-refractivity contribution in [1.82, 2.24) is 4.98 Å². The maximum Gasteiger partial charge on any atom is 0.0943 e. The van der Waals surface area contributed by atoms with Crippen LogP contribution in [0, 0.1) is 12.8 Å². The third kappa shape index (κ3) is 4.07. The normalized spacial score (nSPS) is 20.8. The number of nitrogens with two attached hydrogens (primary N) is 1. The topological polar surface area (TPSA) is 38.9 Å². The van der Waals surface area contributed by atoms with Crippen molar-refractivity contribution in [2.75, 3.05) is 0 Å². The fraction of sp³-hybridized carbons (Fsp3) is 0.786. The second-order valence-electron chi connectivity index (χ2n) is 5.36. The molecule has 2 N–H and O–H groups in total. The van der Waals surface area contributed by atoms with Gasteiger partial charge < -0.3 is 5.73 Å². The van der Waals surface area contributed by atoms with Crippen molar-refractivity contribution in [3.05, 3.63) is 16.1 Å². The van der Waals surface area contributed by atoms with E-state index in [0.29, 0.717) is 6.04 Å². The van der Waals surface area contributed by atoms with Crippen LogP contribution in [0.2, 0.25) is 0 Å². The number of aryl methyl sites for hydroxylation is 1. The van der Waals surface area contributed by atoms with Gasteiger partial charge in [-0.05, 0) is 25.7 Å². The number of hydrogen-bond acceptors (Lipinski definition) is 3. The van der Waals surface area contributed by atoms with E-state index in [-0.39, 0.29) is 0 Å². The standard InChI is InChI=1S/C14H24N2S/c1-11-10-17-14(16-11)9-13(15)12-7-5-3-2-4-6-8-12/h10,12-13H,2-9,15H2,1H3. The predicted molar refractivity (Wildman–Crippen MR) is 74.3 cm³/mol. The first-order valence-electron chi connectivity index (χ1n) is 6.92. The van der Waals surface area contributed by atoms with Crippen LogP contribution >= 0.6 is 11.3 Å². The average molecular weight is 252 g/mol. The first-order chi connectivity index (χ1) is 8.25. The zero-order valence-corrected chi connectivity index (χ0v) is 11.6. The van der Waals surface area contributed by atoms with Crippen LogP contribution in [-0.4, -0.2) is 11.0 Å². The first-order valence-corrected chi connectivity index (χ1v) is 7.80. The van der Waals surface area contributed by atoms with Gasteiger partial charge in [-0.3, -0.25) is 0 Å². The zero-order valence-electron chi connectivity index (χ0n) is 10.8. The molecule has 0 bridgehead atoms. The van der Waals surface area contributed by atoms with Gasteiger partial charge >= 0.3 is 0 Å². The second kappa shape index (κ2) is 6.50. The van der Waals surface area contributed by atoms with Gasteiger partial charge in [0.15, 0.2) is 0 Å². The third-order valence-electron chi connectivity index (χ3n) is 3.83. The van der Waals surface area contributed by atoms with E-state index in [4.69, 9.17) is 5.73 Å². The molecule has 0 aromatic carbocycles. The number of aromatic nitrogens is 1. The Hall–Kier alpha value is -0.410. The predicted octanol–water partition coefficient (Wildman–Crippen LogP) is 3.68. The van der Waals surface area contributed by atoms with Crippen LogP contribution in [0.1, 0.15) is 55.6 Å². The quantitative estimate of drug-likeness (QED) is 0.891. The number of rotatable bonds is 3. The summed E-state index contributed by atoms with van der Waals surface area (Å²) in [5.74, 6) is 0.722. The Balaban J connectivity index is 1.86. The lowest BCUT2D eigenvalue weighted by Gasteiger charge is -2.25. The van der Waals surface area contributed by atoms with E-state index in [9.17, 15) is 0 Å². The van der Waals surface area contributed by atoms with Gasteiger partial charge in [0.25, 0.3) is 0 Å². The molecule has 1 aromatic heterocycles. The van der Waals surface area contributed by atoms with E-state index in [2.05, 4.69) is 17.3 Å². The van der Waals surface area contributed by atoms with Crippen LogP contribution in [0.25, 0.3) is 0 Å². The lowest BCUT2D eigenvalue weighted by Crippen LogP contribution is -2.32. The molecule has 2 rings (SSSR count). The summed E-state index contributed by atoms with van der Waals surface area (Å²) in [5, 5.41) is 3.34. The minimum Gasteiger partial charge on any atom is -0.327 e. The zero-order chi connectivity index (χ0) is 12.1. The van der Waals surface area contributed by atoms with Crippen molar-refractivity contribution in [1.29, 1.82) is 0 Å². The molecule has 1 unspecified atom stereocenters. The molecule has 96 valence electrons. The van der Waals surface area contributed by atoms with E-state index >= 15 is 0 Å². The van der Waals surface area contributed by atoms with E-state index in [1.54, 1.807) is 11.3 Å². The van der Waals surface area contributed by atoms with Crippen molar-refractivity contribution in [3.63, 3.8) is 0 Å². The molecule has 0 aliphatic heterocycles. The van der Waals surface area contributed by atoms with Crippen molar-refractivity contribution < 1.29 is 0 Å². The summed E-state index contributed by atoms with van der Waals surface area (Å²) in [5.41, 5.74) is 7.51. The number of thiazole rings is 1. The molecule has 1 saturated carbocycles. The maximum absolute atomic E-state index is 6.38. The molecule has 17 heavy (non-hydrogen) atoms. The fourth-order valence-corrected chi connectivity index (χ4v) is 3.63. The SMILES string of the molecule is Cc1csc(CC(N)C2CCCCCCC2)n1. The lowest BCUT2D eigenvalue weighted by atomic mass is 9.85. The summed E-state index contributed by atoms with van der Waals surface area (Å²) in [6, 6.07) is 0.318. The molecule has 1 aliphatic carbocycles. The molecular formula is C14H24N2S. The third-order valence-corrected chi connectivity index (χ3v) is 4.82. The number of nitrogens with zero attached hydrogens (tertiary/aromatic N) is 1. The van der Waals surface area contributed by atoms with Gasteiger partial charge in [-0.2, -0.15) is 0 Å². The summed E-state index contributed by atoms with van der Waals surface area (Å²) in [4.78, 5) is 4.53. The van der Waals surface area contributed by atoms with Gasteiger partial charge in [-0.25, -0.2) is 4.98 Å². The van der Waals surface area contributed by atoms with Crippen LogP contribution in [0.4, 0.5) is 0 Å². The van der Waals surface area contributed by atoms with Gasteiger partial charge in [-0.1, -0.05) is 32.1 Å². The summed E-state index contributed by atoms with van der Waals surface area (Å²) in [7, 11) is 0. The minimum atomic E-state index is 0.318. The minimum absolute atomic E-state index is 0.318. The van der Waals surface area contributed by atoms with Crippen molar-refractivity contribution in [3.8, 4) is 0 Å². The molecule has 0 amide bonds. The van der Waals surface area contributed by atoms with Crippen molar-refractivity contribution in [2.45, 2.75) is 64.3 Å². The highest BCUT2D eigenvalue weighted by Crippen LogP contribution is 2.26. The summed E-state index contributed by atoms with van der Waals surface area (Å²) in [6.45, 7) is 2.06. The van der Waals surface area contributed by atoms with E-state index in [1.165, 1.54) is 50.0 Å². The fourth-order valence-electron chi connectivity index (χ4n) is 2.78. The van der Waals surface area contributed by atoms with Crippen LogP contribution in [0.15, 0.2) is 5.38 Å². The second-order valence-corrected chi connectivity index (χ2v) is 6.30. The van der Waals surface area contributed by atoms with Gasteiger partial charge in [-0.15, -0.1) is 11.3 Å². The highest BCUT2D eigenvalue weighted by Gasteiger charge is 2.20. The molecule has 1 atom stereocenters. The maximum atomic E-state index is 6.38. The van der Waals surface area contributed by atoms with Gasteiger partial charge in [0, 0.05) is 23.5 Å². The molecule has 3 heteroatoms. The van der Waals surface area contributed by atoms with E-state index in [0.717, 1.165) is 18.0 Å². The Bertz CT molecular complexity index is 327. The molecular weight excluding hydrogens is 228 g/mol. The van der Waals surface area contributed by atoms with Crippen LogP contribution in [0.5, 0.6) is 0 Å². The molecule has 0 saturated heterocycles. The summed E-state index contributed by atoms with van der Waals surface area (Å²) in [6.07, 6.45) is 10.6. The van der Waals surface area contributed by atoms with Crippen LogP contribution in [-0.2, 0) is 6.42 Å². The van der Waals surface area contributed by atoms with Gasteiger partial charge in [0.1, 0.15) is 0 Å². The lowest BCUT2D eigenvalue weighted by molar-refractivity contribution is 0.322. The Labute approximate surface area is 109 Å². The van der Waals surface area contributed by atoms with Crippen molar-refractivity contribution in [2.24, 2.45) is 11.7 Å². The number of hydrogen-bond donors (Lipinski definition) is 1. The molecule has 1 aromatic rings. The van der Waals surface area contributed by atoms with Gasteiger partial charge in [0.05, 0.1) is 5.01 Å². The molecule has 0 spiro atoms. The molecule has 0 radical (unpaired) electrons. The van der Waals surface area contributed by atoms with Gasteiger partial charge in [0.2, 0.25) is 0 Å². The Morgan fingerprint density at radius 1 is 1.29 bits per heavy atom. The van der Waals surface area contributed by atoms with Crippen LogP contribution < -0.4 is 5.73 Å². The first kappa shape index (κ1) is 13.0. The van der Waals surface area contributed by atoms with Crippen LogP contribution in [0.3, 0.4) is 0 Å². The molecule has 1 heterocycles. The highest BCUT2D eigenvalue weighted by molar-refractivity contribution is 7.09. The summed E-state index contributed by atoms with van der Waals surface area (Å²) < 4.78 is 0. The smallest absolute Gasteiger partial charge is 0.0943 e. The van der Waals surface area contributed by atoms with E-state index in [1.807, 2.05) is 0 Å². The largest absolute Gasteiger partial charge is 0.327 e.